The molecule has 0 radical (unpaired) electrons. The lowest BCUT2D eigenvalue weighted by Crippen LogP contribution is -2.23. The summed E-state index contributed by atoms with van der Waals surface area (Å²) >= 11 is 0. The van der Waals surface area contributed by atoms with Crippen molar-refractivity contribution in [1.29, 1.82) is 0 Å². The van der Waals surface area contributed by atoms with Gasteiger partial charge >= 0.3 is 0 Å². The summed E-state index contributed by atoms with van der Waals surface area (Å²) in [5.74, 6) is 1.10. The van der Waals surface area contributed by atoms with E-state index in [0.717, 1.165) is 17.9 Å². The summed E-state index contributed by atoms with van der Waals surface area (Å²) in [6.07, 6.45) is 0. The molecule has 0 amide bonds. The number of benzene rings is 1. The molecular formula is C14H21N3. The van der Waals surface area contributed by atoms with Crippen LogP contribution in [0.4, 0.5) is 0 Å². The second-order valence-electron chi connectivity index (χ2n) is 5.05. The second kappa shape index (κ2) is 4.49. The van der Waals surface area contributed by atoms with Gasteiger partial charge in [0, 0.05) is 13.1 Å². The molecule has 0 saturated carbocycles. The van der Waals surface area contributed by atoms with Crippen LogP contribution in [-0.4, -0.2) is 15.6 Å². The van der Waals surface area contributed by atoms with E-state index < -0.39 is 0 Å². The van der Waals surface area contributed by atoms with Crippen LogP contribution < -0.4 is 5.32 Å². The molecule has 17 heavy (non-hydrogen) atoms. The molecular weight excluding hydrogens is 210 g/mol. The Bertz CT molecular complexity index is 538. The van der Waals surface area contributed by atoms with Gasteiger partial charge in [0.2, 0.25) is 0 Å². The van der Waals surface area contributed by atoms with Crippen LogP contribution in [0.3, 0.4) is 0 Å². The third-order valence-corrected chi connectivity index (χ3v) is 3.26. The van der Waals surface area contributed by atoms with Gasteiger partial charge in [-0.1, -0.05) is 13.8 Å². The van der Waals surface area contributed by atoms with Crippen molar-refractivity contribution < 1.29 is 0 Å². The highest BCUT2D eigenvalue weighted by atomic mass is 15.1. The number of imidazole rings is 1. The normalized spacial score (nSPS) is 11.6. The molecule has 3 heteroatoms. The van der Waals surface area contributed by atoms with Crippen LogP contribution in [-0.2, 0) is 13.6 Å². The number of aromatic nitrogens is 2. The number of hydrogen-bond acceptors (Lipinski definition) is 2. The number of hydrogen-bond donors (Lipinski definition) is 1. The first-order valence-electron chi connectivity index (χ1n) is 6.15. The van der Waals surface area contributed by atoms with Gasteiger partial charge in [0.15, 0.2) is 0 Å². The van der Waals surface area contributed by atoms with Gasteiger partial charge in [-0.2, -0.15) is 0 Å². The minimum Gasteiger partial charge on any atom is -0.330 e. The summed E-state index contributed by atoms with van der Waals surface area (Å²) in [5.41, 5.74) is 4.94. The van der Waals surface area contributed by atoms with Crippen molar-refractivity contribution >= 4 is 11.0 Å². The largest absolute Gasteiger partial charge is 0.330 e. The molecule has 2 aromatic rings. The Kier molecular flexibility index (Phi) is 3.20. The Morgan fingerprint density at radius 2 is 1.88 bits per heavy atom. The first-order chi connectivity index (χ1) is 7.99. The fourth-order valence-electron chi connectivity index (χ4n) is 1.95. The van der Waals surface area contributed by atoms with Crippen LogP contribution in [0, 0.1) is 13.8 Å². The number of rotatable bonds is 3. The van der Waals surface area contributed by atoms with Gasteiger partial charge in [-0.3, -0.25) is 0 Å². The standard InChI is InChI=1S/C14H21N3/c1-9(2)15-8-14-16-12-6-10(3)11(4)7-13(12)17(14)5/h6-7,9,15H,8H2,1-5H3. The van der Waals surface area contributed by atoms with Gasteiger partial charge in [-0.25, -0.2) is 4.98 Å². The number of fused-ring (bicyclic) bond motifs is 1. The lowest BCUT2D eigenvalue weighted by Gasteiger charge is -2.07. The summed E-state index contributed by atoms with van der Waals surface area (Å²) in [6.45, 7) is 9.40. The average molecular weight is 231 g/mol. The smallest absolute Gasteiger partial charge is 0.123 e. The Morgan fingerprint density at radius 1 is 1.24 bits per heavy atom. The van der Waals surface area contributed by atoms with Crippen molar-refractivity contribution in [2.24, 2.45) is 7.05 Å². The van der Waals surface area contributed by atoms with Crippen LogP contribution in [0.1, 0.15) is 30.8 Å². The van der Waals surface area contributed by atoms with Crippen molar-refractivity contribution in [3.05, 3.63) is 29.1 Å². The highest BCUT2D eigenvalue weighted by Gasteiger charge is 2.09. The fraction of sp³-hybridized carbons (Fsp3) is 0.500. The summed E-state index contributed by atoms with van der Waals surface area (Å²) in [6, 6.07) is 4.87. The molecule has 0 unspecified atom stereocenters. The van der Waals surface area contributed by atoms with Gasteiger partial charge in [0.05, 0.1) is 17.6 Å². The summed E-state index contributed by atoms with van der Waals surface area (Å²) < 4.78 is 2.18. The van der Waals surface area contributed by atoms with Crippen LogP contribution in [0.5, 0.6) is 0 Å². The molecule has 0 fully saturated rings. The molecule has 0 aliphatic carbocycles. The summed E-state index contributed by atoms with van der Waals surface area (Å²) in [5, 5.41) is 3.41. The molecule has 1 aromatic carbocycles. The maximum atomic E-state index is 4.69. The molecule has 1 heterocycles. The van der Waals surface area contributed by atoms with Crippen molar-refractivity contribution in [3.8, 4) is 0 Å². The van der Waals surface area contributed by atoms with Crippen molar-refractivity contribution in [2.75, 3.05) is 0 Å². The number of nitrogens with one attached hydrogen (secondary N) is 1. The first kappa shape index (κ1) is 12.1. The van der Waals surface area contributed by atoms with E-state index in [4.69, 9.17) is 0 Å². The minimum atomic E-state index is 0.485. The second-order valence-corrected chi connectivity index (χ2v) is 5.05. The van der Waals surface area contributed by atoms with Crippen LogP contribution in [0.15, 0.2) is 12.1 Å². The third kappa shape index (κ3) is 2.34. The molecule has 2 rings (SSSR count). The molecule has 3 nitrogen and oxygen atoms in total. The molecule has 0 bridgehead atoms. The zero-order valence-corrected chi connectivity index (χ0v) is 11.3. The first-order valence-corrected chi connectivity index (χ1v) is 6.15. The summed E-state index contributed by atoms with van der Waals surface area (Å²) in [7, 11) is 2.08. The molecule has 92 valence electrons. The van der Waals surface area contributed by atoms with E-state index in [1.807, 2.05) is 0 Å². The van der Waals surface area contributed by atoms with Gasteiger partial charge in [0.1, 0.15) is 5.82 Å². The quantitative estimate of drug-likeness (QED) is 0.880. The maximum Gasteiger partial charge on any atom is 0.123 e. The van der Waals surface area contributed by atoms with E-state index in [0.29, 0.717) is 6.04 Å². The van der Waals surface area contributed by atoms with Crippen molar-refractivity contribution in [1.82, 2.24) is 14.9 Å². The topological polar surface area (TPSA) is 29.9 Å². The van der Waals surface area contributed by atoms with E-state index in [-0.39, 0.29) is 0 Å². The zero-order chi connectivity index (χ0) is 12.6. The molecule has 0 aliphatic rings. The minimum absolute atomic E-state index is 0.485. The van der Waals surface area contributed by atoms with Crippen LogP contribution in [0.2, 0.25) is 0 Å². The fourth-order valence-corrected chi connectivity index (χ4v) is 1.95. The Hall–Kier alpha value is -1.35. The van der Waals surface area contributed by atoms with Crippen molar-refractivity contribution in [3.63, 3.8) is 0 Å². The van der Waals surface area contributed by atoms with E-state index in [1.165, 1.54) is 16.6 Å². The monoisotopic (exact) mass is 231 g/mol. The maximum absolute atomic E-state index is 4.69. The van der Waals surface area contributed by atoms with E-state index in [2.05, 4.69) is 61.7 Å². The molecule has 0 atom stereocenters. The van der Waals surface area contributed by atoms with Gasteiger partial charge in [-0.15, -0.1) is 0 Å². The molecule has 1 aromatic heterocycles. The predicted molar refractivity (Wildman–Crippen MR) is 72.2 cm³/mol. The van der Waals surface area contributed by atoms with Crippen LogP contribution in [0.25, 0.3) is 11.0 Å². The van der Waals surface area contributed by atoms with Gasteiger partial charge in [-0.05, 0) is 37.1 Å². The van der Waals surface area contributed by atoms with Crippen molar-refractivity contribution in [2.45, 2.75) is 40.3 Å². The predicted octanol–water partition coefficient (Wildman–Crippen LogP) is 2.69. The molecule has 0 spiro atoms. The highest BCUT2D eigenvalue weighted by molar-refractivity contribution is 5.78. The third-order valence-electron chi connectivity index (χ3n) is 3.26. The Labute approximate surface area is 103 Å². The van der Waals surface area contributed by atoms with Gasteiger partial charge < -0.3 is 9.88 Å². The van der Waals surface area contributed by atoms with Gasteiger partial charge in [0.25, 0.3) is 0 Å². The van der Waals surface area contributed by atoms with E-state index in [1.54, 1.807) is 0 Å². The number of aryl methyl sites for hydroxylation is 3. The highest BCUT2D eigenvalue weighted by Crippen LogP contribution is 2.19. The zero-order valence-electron chi connectivity index (χ0n) is 11.3. The number of nitrogens with zero attached hydrogens (tertiary/aromatic N) is 2. The molecule has 0 aliphatic heterocycles. The molecule has 1 N–H and O–H groups in total. The lowest BCUT2D eigenvalue weighted by molar-refractivity contribution is 0.563. The SMILES string of the molecule is Cc1cc2nc(CNC(C)C)n(C)c2cc1C. The molecule has 0 saturated heterocycles. The van der Waals surface area contributed by atoms with Crippen LogP contribution >= 0.6 is 0 Å². The Morgan fingerprint density at radius 3 is 2.53 bits per heavy atom. The Balaban J connectivity index is 2.42. The van der Waals surface area contributed by atoms with E-state index in [9.17, 15) is 0 Å². The summed E-state index contributed by atoms with van der Waals surface area (Å²) in [4.78, 5) is 4.69. The average Bonchev–Trinajstić information content (AvgIpc) is 2.54. The lowest BCUT2D eigenvalue weighted by atomic mass is 10.1. The van der Waals surface area contributed by atoms with E-state index >= 15 is 0 Å².